The number of carbonyl (C=O) groups excluding carboxylic acids is 1. The normalized spacial score (nSPS) is 12.1. The van der Waals surface area contributed by atoms with Gasteiger partial charge in [-0.1, -0.05) is 19.9 Å². The van der Waals surface area contributed by atoms with Crippen molar-refractivity contribution in [2.75, 3.05) is 18.8 Å². The Labute approximate surface area is 117 Å². The van der Waals surface area contributed by atoms with Crippen LogP contribution < -0.4 is 11.5 Å². The second-order valence-electron chi connectivity index (χ2n) is 4.81. The van der Waals surface area contributed by atoms with Gasteiger partial charge in [0.15, 0.2) is 0 Å². The van der Waals surface area contributed by atoms with E-state index < -0.39 is 34.0 Å². The van der Waals surface area contributed by atoms with Crippen LogP contribution >= 0.6 is 0 Å². The van der Waals surface area contributed by atoms with E-state index in [1.54, 1.807) is 13.8 Å². The van der Waals surface area contributed by atoms with E-state index in [9.17, 15) is 17.6 Å². The first kappa shape index (κ1) is 16.4. The van der Waals surface area contributed by atoms with Crippen LogP contribution in [-0.4, -0.2) is 31.7 Å². The number of halogens is 1. The average Bonchev–Trinajstić information content (AvgIpc) is 2.30. The van der Waals surface area contributed by atoms with E-state index in [0.29, 0.717) is 0 Å². The number of hydrogen-bond donors (Lipinski definition) is 2. The van der Waals surface area contributed by atoms with Crippen molar-refractivity contribution < 1.29 is 17.6 Å². The van der Waals surface area contributed by atoms with E-state index in [0.717, 1.165) is 10.4 Å². The molecule has 1 aromatic carbocycles. The summed E-state index contributed by atoms with van der Waals surface area (Å²) in [7, 11) is -4.08. The summed E-state index contributed by atoms with van der Waals surface area (Å²) in [5.74, 6) is -1.64. The Kier molecular flexibility index (Phi) is 5.07. The maximum absolute atomic E-state index is 13.4. The zero-order valence-corrected chi connectivity index (χ0v) is 12.2. The van der Waals surface area contributed by atoms with Gasteiger partial charge in [0.05, 0.1) is 12.2 Å². The molecule has 20 heavy (non-hydrogen) atoms. The number of nitrogens with two attached hydrogens (primary N) is 2. The number of nitrogens with zero attached hydrogens (tertiary/aromatic N) is 1. The van der Waals surface area contributed by atoms with Gasteiger partial charge in [-0.05, 0) is 18.1 Å². The first-order valence-corrected chi connectivity index (χ1v) is 7.42. The molecule has 0 unspecified atom stereocenters. The molecule has 0 aliphatic heterocycles. The molecule has 0 aliphatic rings. The number of benzene rings is 1. The lowest BCUT2D eigenvalue weighted by Crippen LogP contribution is -2.40. The van der Waals surface area contributed by atoms with Gasteiger partial charge in [-0.2, -0.15) is 4.31 Å². The minimum Gasteiger partial charge on any atom is -0.395 e. The molecular weight excluding hydrogens is 285 g/mol. The highest BCUT2D eigenvalue weighted by molar-refractivity contribution is 7.89. The molecular formula is C12H18FN3O3S. The molecule has 0 spiro atoms. The Hall–Kier alpha value is -1.67. The van der Waals surface area contributed by atoms with Crippen molar-refractivity contribution in [3.8, 4) is 0 Å². The van der Waals surface area contributed by atoms with Crippen LogP contribution in [0.1, 0.15) is 13.8 Å². The van der Waals surface area contributed by atoms with E-state index in [-0.39, 0.29) is 17.4 Å². The molecule has 0 aromatic heterocycles. The molecule has 112 valence electrons. The third kappa shape index (κ3) is 3.67. The molecule has 0 radical (unpaired) electrons. The van der Waals surface area contributed by atoms with Crippen molar-refractivity contribution in [3.05, 3.63) is 24.0 Å². The van der Waals surface area contributed by atoms with Gasteiger partial charge in [-0.15, -0.1) is 0 Å². The molecule has 4 N–H and O–H groups in total. The topological polar surface area (TPSA) is 106 Å². The average molecular weight is 303 g/mol. The summed E-state index contributed by atoms with van der Waals surface area (Å²) in [5, 5.41) is 0. The molecule has 0 atom stereocenters. The molecule has 0 saturated heterocycles. The van der Waals surface area contributed by atoms with Crippen LogP contribution in [0, 0.1) is 11.7 Å². The Balaban J connectivity index is 3.28. The summed E-state index contributed by atoms with van der Waals surface area (Å²) in [6.07, 6.45) is 0. The van der Waals surface area contributed by atoms with Crippen LogP contribution in [-0.2, 0) is 14.8 Å². The fraction of sp³-hybridized carbons (Fsp3) is 0.417. The molecule has 0 heterocycles. The lowest BCUT2D eigenvalue weighted by atomic mass is 10.2. The Morgan fingerprint density at radius 3 is 2.50 bits per heavy atom. The molecule has 0 aliphatic carbocycles. The van der Waals surface area contributed by atoms with Gasteiger partial charge in [0, 0.05) is 6.54 Å². The number of carbonyl (C=O) groups is 1. The first-order chi connectivity index (χ1) is 9.16. The van der Waals surface area contributed by atoms with E-state index in [1.165, 1.54) is 12.1 Å². The molecule has 0 saturated carbocycles. The SMILES string of the molecule is CC(C)CN(CC(N)=O)S(=O)(=O)c1cccc(F)c1N. The number of sulfonamides is 1. The Morgan fingerprint density at radius 2 is 2.00 bits per heavy atom. The van der Waals surface area contributed by atoms with Crippen LogP contribution in [0.5, 0.6) is 0 Å². The van der Waals surface area contributed by atoms with Gasteiger partial charge >= 0.3 is 0 Å². The smallest absolute Gasteiger partial charge is 0.245 e. The molecule has 0 bridgehead atoms. The summed E-state index contributed by atoms with van der Waals surface area (Å²) < 4.78 is 39.2. The van der Waals surface area contributed by atoms with Crippen LogP contribution in [0.25, 0.3) is 0 Å². The monoisotopic (exact) mass is 303 g/mol. The lowest BCUT2D eigenvalue weighted by Gasteiger charge is -2.23. The van der Waals surface area contributed by atoms with E-state index >= 15 is 0 Å². The standard InChI is InChI=1S/C12H18FN3O3S/c1-8(2)6-16(7-11(14)17)20(18,19)10-5-3-4-9(13)12(10)15/h3-5,8H,6-7,15H2,1-2H3,(H2,14,17). The molecule has 1 amide bonds. The maximum Gasteiger partial charge on any atom is 0.245 e. The van der Waals surface area contributed by atoms with Crippen molar-refractivity contribution in [3.63, 3.8) is 0 Å². The van der Waals surface area contributed by atoms with E-state index in [2.05, 4.69) is 0 Å². The van der Waals surface area contributed by atoms with Crippen molar-refractivity contribution in [2.24, 2.45) is 11.7 Å². The summed E-state index contributed by atoms with van der Waals surface area (Å²) in [6.45, 7) is 3.19. The quantitative estimate of drug-likeness (QED) is 0.748. The van der Waals surface area contributed by atoms with E-state index in [4.69, 9.17) is 11.5 Å². The van der Waals surface area contributed by atoms with Gasteiger partial charge in [-0.25, -0.2) is 12.8 Å². The molecule has 1 rings (SSSR count). The minimum atomic E-state index is -4.08. The third-order valence-electron chi connectivity index (χ3n) is 2.53. The van der Waals surface area contributed by atoms with Crippen LogP contribution in [0.2, 0.25) is 0 Å². The number of para-hydroxylation sites is 1. The Bertz CT molecular complexity index is 602. The first-order valence-electron chi connectivity index (χ1n) is 5.98. The van der Waals surface area contributed by atoms with Crippen molar-refractivity contribution >= 4 is 21.6 Å². The predicted molar refractivity (Wildman–Crippen MR) is 73.6 cm³/mol. The van der Waals surface area contributed by atoms with Gasteiger partial charge in [0.25, 0.3) is 0 Å². The number of rotatable bonds is 6. The molecule has 8 heteroatoms. The number of anilines is 1. The summed E-state index contributed by atoms with van der Waals surface area (Å²) in [5.41, 5.74) is 10.1. The number of amides is 1. The fourth-order valence-corrected chi connectivity index (χ4v) is 3.41. The second kappa shape index (κ2) is 6.19. The van der Waals surface area contributed by atoms with Crippen LogP contribution in [0.3, 0.4) is 0 Å². The van der Waals surface area contributed by atoms with E-state index in [1.807, 2.05) is 0 Å². The number of hydrogen-bond acceptors (Lipinski definition) is 4. The highest BCUT2D eigenvalue weighted by Crippen LogP contribution is 2.25. The van der Waals surface area contributed by atoms with Crippen molar-refractivity contribution in [1.29, 1.82) is 0 Å². The van der Waals surface area contributed by atoms with Crippen molar-refractivity contribution in [1.82, 2.24) is 4.31 Å². The zero-order valence-electron chi connectivity index (χ0n) is 11.3. The summed E-state index contributed by atoms with van der Waals surface area (Å²) in [6, 6.07) is 3.51. The highest BCUT2D eigenvalue weighted by Gasteiger charge is 2.29. The molecule has 0 fully saturated rings. The number of nitrogen functional groups attached to an aromatic ring is 1. The maximum atomic E-state index is 13.4. The highest BCUT2D eigenvalue weighted by atomic mass is 32.2. The van der Waals surface area contributed by atoms with Crippen LogP contribution in [0.4, 0.5) is 10.1 Å². The van der Waals surface area contributed by atoms with Gasteiger partial charge in [0.2, 0.25) is 15.9 Å². The fourth-order valence-electron chi connectivity index (χ4n) is 1.71. The Morgan fingerprint density at radius 1 is 1.40 bits per heavy atom. The van der Waals surface area contributed by atoms with Crippen LogP contribution in [0.15, 0.2) is 23.1 Å². The van der Waals surface area contributed by atoms with Gasteiger partial charge in [0.1, 0.15) is 10.7 Å². The largest absolute Gasteiger partial charge is 0.395 e. The molecule has 6 nitrogen and oxygen atoms in total. The number of primary amides is 1. The third-order valence-corrected chi connectivity index (χ3v) is 4.40. The summed E-state index contributed by atoms with van der Waals surface area (Å²) in [4.78, 5) is 10.7. The predicted octanol–water partition coefficient (Wildman–Crippen LogP) is 0.540. The van der Waals surface area contributed by atoms with Gasteiger partial charge < -0.3 is 11.5 Å². The summed E-state index contributed by atoms with van der Waals surface area (Å²) >= 11 is 0. The van der Waals surface area contributed by atoms with Crippen molar-refractivity contribution in [2.45, 2.75) is 18.7 Å². The second-order valence-corrected chi connectivity index (χ2v) is 6.72. The molecule has 1 aromatic rings. The lowest BCUT2D eigenvalue weighted by molar-refractivity contribution is -0.118. The van der Waals surface area contributed by atoms with Gasteiger partial charge in [-0.3, -0.25) is 4.79 Å². The zero-order chi connectivity index (χ0) is 15.5. The minimum absolute atomic E-state index is 0.0288.